The van der Waals surface area contributed by atoms with Gasteiger partial charge in [-0.1, -0.05) is 0 Å². The molecule has 0 saturated carbocycles. The van der Waals surface area contributed by atoms with E-state index >= 15 is 0 Å². The van der Waals surface area contributed by atoms with Gasteiger partial charge in [0.05, 0.1) is 17.5 Å². The van der Waals surface area contributed by atoms with Gasteiger partial charge in [0.25, 0.3) is 5.91 Å². The number of carbonyl (C=O) groups excluding carboxylic acids is 1. The van der Waals surface area contributed by atoms with Gasteiger partial charge in [-0.2, -0.15) is 0 Å². The number of carbonyl (C=O) groups is 1. The zero-order valence-electron chi connectivity index (χ0n) is 13.2. The van der Waals surface area contributed by atoms with Gasteiger partial charge in [-0.15, -0.1) is 0 Å². The molecule has 0 aromatic heterocycles. The van der Waals surface area contributed by atoms with Crippen molar-refractivity contribution in [2.75, 3.05) is 23.6 Å². The molecule has 1 saturated heterocycles. The summed E-state index contributed by atoms with van der Waals surface area (Å²) in [6.07, 6.45) is -0.690. The molecule has 128 valence electrons. The average molecular weight is 342 g/mol. The van der Waals surface area contributed by atoms with Crippen LogP contribution in [0.2, 0.25) is 0 Å². The summed E-state index contributed by atoms with van der Waals surface area (Å²) in [5, 5.41) is 19.8. The van der Waals surface area contributed by atoms with Gasteiger partial charge < -0.3 is 15.1 Å². The second-order valence-corrected chi connectivity index (χ2v) is 7.97. The molecule has 1 aliphatic heterocycles. The third-order valence-electron chi connectivity index (χ3n) is 4.07. The summed E-state index contributed by atoms with van der Waals surface area (Å²) in [5.74, 6) is -0.288. The Hall–Kier alpha value is -1.64. The SMILES string of the molecule is CCS(=O)(=O)Nc1ccc(C(=O)N2CC[C@](C)(O)[C@@H](O)C2)cc1. The monoisotopic (exact) mass is 342 g/mol. The van der Waals surface area contributed by atoms with E-state index in [4.69, 9.17) is 0 Å². The van der Waals surface area contributed by atoms with E-state index in [-0.39, 0.29) is 18.2 Å². The zero-order valence-corrected chi connectivity index (χ0v) is 14.0. The number of hydrogen-bond donors (Lipinski definition) is 3. The fourth-order valence-electron chi connectivity index (χ4n) is 2.32. The molecule has 8 heteroatoms. The van der Waals surface area contributed by atoms with Crippen LogP contribution in [0.15, 0.2) is 24.3 Å². The van der Waals surface area contributed by atoms with Gasteiger partial charge in [0.2, 0.25) is 10.0 Å². The summed E-state index contributed by atoms with van der Waals surface area (Å²) >= 11 is 0. The fourth-order valence-corrected chi connectivity index (χ4v) is 2.96. The highest BCUT2D eigenvalue weighted by Gasteiger charge is 2.38. The topological polar surface area (TPSA) is 107 Å². The van der Waals surface area contributed by atoms with Gasteiger partial charge in [-0.05, 0) is 44.5 Å². The van der Waals surface area contributed by atoms with Crippen molar-refractivity contribution >= 4 is 21.6 Å². The van der Waals surface area contributed by atoms with Crippen LogP contribution in [-0.2, 0) is 10.0 Å². The summed E-state index contributed by atoms with van der Waals surface area (Å²) < 4.78 is 25.4. The van der Waals surface area contributed by atoms with E-state index in [1.165, 1.54) is 36.1 Å². The zero-order chi connectivity index (χ0) is 17.3. The first-order valence-corrected chi connectivity index (χ1v) is 9.10. The predicted molar refractivity (Wildman–Crippen MR) is 86.7 cm³/mol. The predicted octanol–water partition coefficient (Wildman–Crippen LogP) is 0.406. The van der Waals surface area contributed by atoms with E-state index in [1.54, 1.807) is 6.92 Å². The van der Waals surface area contributed by atoms with Crippen LogP contribution in [0.4, 0.5) is 5.69 Å². The van der Waals surface area contributed by atoms with Crippen LogP contribution in [0.3, 0.4) is 0 Å². The van der Waals surface area contributed by atoms with Crippen molar-refractivity contribution in [3.8, 4) is 0 Å². The molecule has 3 N–H and O–H groups in total. The minimum atomic E-state index is -3.35. The Morgan fingerprint density at radius 3 is 2.52 bits per heavy atom. The minimum Gasteiger partial charge on any atom is -0.388 e. The number of likely N-dealkylation sites (tertiary alicyclic amines) is 1. The summed E-state index contributed by atoms with van der Waals surface area (Å²) in [7, 11) is -3.35. The molecule has 1 aromatic rings. The third kappa shape index (κ3) is 4.21. The quantitative estimate of drug-likeness (QED) is 0.734. The first kappa shape index (κ1) is 17.7. The van der Waals surface area contributed by atoms with E-state index in [0.717, 1.165) is 0 Å². The molecule has 1 aliphatic rings. The van der Waals surface area contributed by atoms with Crippen LogP contribution in [0.5, 0.6) is 0 Å². The van der Waals surface area contributed by atoms with Crippen molar-refractivity contribution in [1.82, 2.24) is 4.90 Å². The second-order valence-electron chi connectivity index (χ2n) is 5.96. The van der Waals surface area contributed by atoms with Gasteiger partial charge in [-0.3, -0.25) is 9.52 Å². The number of sulfonamides is 1. The lowest BCUT2D eigenvalue weighted by Crippen LogP contribution is -2.55. The van der Waals surface area contributed by atoms with Crippen molar-refractivity contribution in [1.29, 1.82) is 0 Å². The number of benzene rings is 1. The maximum absolute atomic E-state index is 12.4. The van der Waals surface area contributed by atoms with Crippen LogP contribution < -0.4 is 4.72 Å². The number of aliphatic hydroxyl groups is 2. The first-order valence-electron chi connectivity index (χ1n) is 7.45. The number of rotatable bonds is 4. The van der Waals surface area contributed by atoms with Gasteiger partial charge >= 0.3 is 0 Å². The Balaban J connectivity index is 2.06. The van der Waals surface area contributed by atoms with Crippen LogP contribution >= 0.6 is 0 Å². The normalized spacial score (nSPS) is 25.2. The number of nitrogens with one attached hydrogen (secondary N) is 1. The fraction of sp³-hybridized carbons (Fsp3) is 0.533. The Labute approximate surface area is 136 Å². The molecule has 23 heavy (non-hydrogen) atoms. The maximum atomic E-state index is 12.4. The average Bonchev–Trinajstić information content (AvgIpc) is 2.50. The number of aliphatic hydroxyl groups excluding tert-OH is 1. The highest BCUT2D eigenvalue weighted by molar-refractivity contribution is 7.92. The Morgan fingerprint density at radius 1 is 1.39 bits per heavy atom. The number of β-amino-alcohol motifs (C(OH)–C–C–N with tert-alkyl or cyclic N) is 1. The molecular weight excluding hydrogens is 320 g/mol. The Kier molecular flexibility index (Phi) is 4.98. The molecule has 2 rings (SSSR count). The lowest BCUT2D eigenvalue weighted by atomic mass is 9.90. The molecule has 1 amide bonds. The van der Waals surface area contributed by atoms with Gasteiger partial charge in [0, 0.05) is 24.3 Å². The van der Waals surface area contributed by atoms with Gasteiger partial charge in [0.1, 0.15) is 0 Å². The van der Waals surface area contributed by atoms with Crippen molar-refractivity contribution in [2.45, 2.75) is 32.0 Å². The minimum absolute atomic E-state index is 0.0285. The van der Waals surface area contributed by atoms with Gasteiger partial charge in [-0.25, -0.2) is 8.42 Å². The number of amides is 1. The number of hydrogen-bond acceptors (Lipinski definition) is 5. The van der Waals surface area contributed by atoms with Crippen molar-refractivity contribution in [3.63, 3.8) is 0 Å². The summed E-state index contributed by atoms with van der Waals surface area (Å²) in [6, 6.07) is 6.12. The maximum Gasteiger partial charge on any atom is 0.253 e. The molecule has 0 aliphatic carbocycles. The van der Waals surface area contributed by atoms with E-state index < -0.39 is 21.7 Å². The van der Waals surface area contributed by atoms with E-state index in [1.807, 2.05) is 0 Å². The van der Waals surface area contributed by atoms with E-state index in [9.17, 15) is 23.4 Å². The van der Waals surface area contributed by atoms with Crippen LogP contribution in [0, 0.1) is 0 Å². The summed E-state index contributed by atoms with van der Waals surface area (Å²) in [4.78, 5) is 13.9. The van der Waals surface area contributed by atoms with Crippen molar-refractivity contribution in [3.05, 3.63) is 29.8 Å². The van der Waals surface area contributed by atoms with Gasteiger partial charge in [0.15, 0.2) is 0 Å². The number of anilines is 1. The lowest BCUT2D eigenvalue weighted by Gasteiger charge is -2.39. The molecule has 1 heterocycles. The summed E-state index contributed by atoms with van der Waals surface area (Å²) in [6.45, 7) is 3.51. The molecule has 0 bridgehead atoms. The lowest BCUT2D eigenvalue weighted by molar-refractivity contribution is -0.0999. The van der Waals surface area contributed by atoms with Crippen molar-refractivity contribution in [2.24, 2.45) is 0 Å². The molecule has 2 atom stereocenters. The standard InChI is InChI=1S/C15H22N2O5S/c1-3-23(21,22)16-12-6-4-11(5-7-12)14(19)17-9-8-15(2,20)13(18)10-17/h4-7,13,16,18,20H,3,8-10H2,1-2H3/t13-,15-/m0/s1. The van der Waals surface area contributed by atoms with E-state index in [2.05, 4.69) is 4.72 Å². The third-order valence-corrected chi connectivity index (χ3v) is 5.38. The number of piperidine rings is 1. The Bertz CT molecular complexity index is 670. The molecule has 0 unspecified atom stereocenters. The van der Waals surface area contributed by atoms with Crippen LogP contribution in [0.1, 0.15) is 30.6 Å². The van der Waals surface area contributed by atoms with Crippen LogP contribution in [-0.4, -0.2) is 60.0 Å². The molecule has 1 fully saturated rings. The highest BCUT2D eigenvalue weighted by atomic mass is 32.2. The Morgan fingerprint density at radius 2 is 2.00 bits per heavy atom. The highest BCUT2D eigenvalue weighted by Crippen LogP contribution is 2.23. The second kappa shape index (κ2) is 6.46. The first-order chi connectivity index (χ1) is 10.6. The number of nitrogens with zero attached hydrogens (tertiary/aromatic N) is 1. The summed E-state index contributed by atoms with van der Waals surface area (Å²) in [5.41, 5.74) is -0.387. The van der Waals surface area contributed by atoms with Crippen molar-refractivity contribution < 1.29 is 23.4 Å². The molecular formula is C15H22N2O5S. The molecule has 0 spiro atoms. The molecule has 1 aromatic carbocycles. The van der Waals surface area contributed by atoms with Crippen LogP contribution in [0.25, 0.3) is 0 Å². The molecule has 7 nitrogen and oxygen atoms in total. The molecule has 0 radical (unpaired) electrons. The smallest absolute Gasteiger partial charge is 0.253 e. The van der Waals surface area contributed by atoms with E-state index in [0.29, 0.717) is 24.2 Å². The largest absolute Gasteiger partial charge is 0.388 e.